The predicted molar refractivity (Wildman–Crippen MR) is 87.6 cm³/mol. The Hall–Kier alpha value is -2.41. The topological polar surface area (TPSA) is 58.7 Å². The van der Waals surface area contributed by atoms with E-state index in [0.29, 0.717) is 12.1 Å². The van der Waals surface area contributed by atoms with Crippen molar-refractivity contribution in [1.29, 1.82) is 5.26 Å². The maximum absolute atomic E-state index is 12.3. The Morgan fingerprint density at radius 3 is 2.68 bits per heavy atom. The quantitative estimate of drug-likeness (QED) is 0.849. The van der Waals surface area contributed by atoms with Gasteiger partial charge in [-0.05, 0) is 31.9 Å². The molecular formula is C18H21N3O. The van der Waals surface area contributed by atoms with Crippen LogP contribution in [0.4, 0.5) is 0 Å². The molecule has 22 heavy (non-hydrogen) atoms. The number of nitrogens with zero attached hydrogens (tertiary/aromatic N) is 3. The van der Waals surface area contributed by atoms with Crippen LogP contribution in [0, 0.1) is 25.2 Å². The van der Waals surface area contributed by atoms with Gasteiger partial charge in [-0.25, -0.2) is 4.68 Å². The van der Waals surface area contributed by atoms with E-state index in [9.17, 15) is 4.79 Å². The minimum atomic E-state index is -0.150. The van der Waals surface area contributed by atoms with Gasteiger partial charge in [-0.15, -0.1) is 0 Å². The molecule has 0 atom stereocenters. The highest BCUT2D eigenvalue weighted by atomic mass is 16.1. The van der Waals surface area contributed by atoms with E-state index in [4.69, 9.17) is 5.26 Å². The van der Waals surface area contributed by atoms with Crippen LogP contribution in [-0.4, -0.2) is 9.78 Å². The lowest BCUT2D eigenvalue weighted by Crippen LogP contribution is -2.26. The average molecular weight is 295 g/mol. The zero-order chi connectivity index (χ0) is 16.1. The van der Waals surface area contributed by atoms with Gasteiger partial charge in [-0.1, -0.05) is 37.1 Å². The Morgan fingerprint density at radius 1 is 1.27 bits per heavy atom. The van der Waals surface area contributed by atoms with E-state index in [1.54, 1.807) is 6.07 Å². The predicted octanol–water partition coefficient (Wildman–Crippen LogP) is 3.39. The van der Waals surface area contributed by atoms with Crippen LogP contribution in [0.3, 0.4) is 0 Å². The van der Waals surface area contributed by atoms with Gasteiger partial charge in [-0.3, -0.25) is 4.79 Å². The molecule has 0 spiro atoms. The number of hydrogen-bond donors (Lipinski definition) is 0. The highest BCUT2D eigenvalue weighted by molar-refractivity contribution is 5.64. The van der Waals surface area contributed by atoms with Gasteiger partial charge < -0.3 is 0 Å². The first-order chi connectivity index (χ1) is 10.6. The summed E-state index contributed by atoms with van der Waals surface area (Å²) < 4.78 is 1.50. The van der Waals surface area contributed by atoms with E-state index in [-0.39, 0.29) is 12.0 Å². The van der Waals surface area contributed by atoms with Crippen LogP contribution in [-0.2, 0) is 13.0 Å². The maximum Gasteiger partial charge on any atom is 0.271 e. The zero-order valence-electron chi connectivity index (χ0n) is 13.4. The Kier molecular flexibility index (Phi) is 5.11. The summed E-state index contributed by atoms with van der Waals surface area (Å²) >= 11 is 0. The fourth-order valence-electron chi connectivity index (χ4n) is 2.50. The van der Waals surface area contributed by atoms with Crippen molar-refractivity contribution in [2.24, 2.45) is 0 Å². The van der Waals surface area contributed by atoms with Gasteiger partial charge in [0.2, 0.25) is 0 Å². The first-order valence-electron chi connectivity index (χ1n) is 7.62. The molecule has 1 heterocycles. The Labute approximate surface area is 131 Å². The molecule has 0 amide bonds. The van der Waals surface area contributed by atoms with Crippen molar-refractivity contribution >= 4 is 0 Å². The standard InChI is InChI=1S/C18H21N3O/c1-4-5-10-21-18(22)15(8-9-19)12-17(20-21)16-7-6-13(2)11-14(16)3/h6-7,11-12H,4-5,8,10H2,1-3H3. The second-order valence-corrected chi connectivity index (χ2v) is 5.59. The molecule has 114 valence electrons. The molecule has 2 rings (SSSR count). The van der Waals surface area contributed by atoms with Gasteiger partial charge in [0, 0.05) is 17.7 Å². The summed E-state index contributed by atoms with van der Waals surface area (Å²) in [4.78, 5) is 12.3. The first kappa shape index (κ1) is 16.0. The summed E-state index contributed by atoms with van der Waals surface area (Å²) in [5, 5.41) is 13.5. The third-order valence-corrected chi connectivity index (χ3v) is 3.70. The molecule has 0 unspecified atom stereocenters. The molecule has 0 aliphatic rings. The van der Waals surface area contributed by atoms with E-state index in [1.165, 1.54) is 10.2 Å². The van der Waals surface area contributed by atoms with E-state index < -0.39 is 0 Å². The molecule has 1 aromatic carbocycles. The van der Waals surface area contributed by atoms with Crippen molar-refractivity contribution in [3.63, 3.8) is 0 Å². The third kappa shape index (κ3) is 3.43. The van der Waals surface area contributed by atoms with Crippen molar-refractivity contribution < 1.29 is 0 Å². The Bertz CT molecular complexity index is 769. The molecule has 0 N–H and O–H groups in total. The summed E-state index contributed by atoms with van der Waals surface area (Å²) in [5.74, 6) is 0. The minimum absolute atomic E-state index is 0.116. The molecule has 0 aliphatic heterocycles. The number of aryl methyl sites for hydroxylation is 3. The van der Waals surface area contributed by atoms with Gasteiger partial charge in [0.15, 0.2) is 0 Å². The smallest absolute Gasteiger partial charge is 0.267 e. The van der Waals surface area contributed by atoms with Crippen molar-refractivity contribution in [2.75, 3.05) is 0 Å². The van der Waals surface area contributed by atoms with Gasteiger partial charge in [0.1, 0.15) is 0 Å². The fourth-order valence-corrected chi connectivity index (χ4v) is 2.50. The molecule has 4 nitrogen and oxygen atoms in total. The maximum atomic E-state index is 12.3. The number of nitriles is 1. The highest BCUT2D eigenvalue weighted by Gasteiger charge is 2.11. The molecule has 0 saturated heterocycles. The van der Waals surface area contributed by atoms with Crippen molar-refractivity contribution in [1.82, 2.24) is 9.78 Å². The number of benzene rings is 1. The Balaban J connectivity index is 2.57. The lowest BCUT2D eigenvalue weighted by Gasteiger charge is -2.11. The second-order valence-electron chi connectivity index (χ2n) is 5.59. The van der Waals surface area contributed by atoms with Gasteiger partial charge >= 0.3 is 0 Å². The zero-order valence-corrected chi connectivity index (χ0v) is 13.4. The second kappa shape index (κ2) is 7.04. The molecule has 0 radical (unpaired) electrons. The lowest BCUT2D eigenvalue weighted by molar-refractivity contribution is 0.541. The molecular weight excluding hydrogens is 274 g/mol. The van der Waals surface area contributed by atoms with E-state index in [2.05, 4.69) is 24.2 Å². The molecule has 0 bridgehead atoms. The van der Waals surface area contributed by atoms with E-state index in [1.807, 2.05) is 26.0 Å². The summed E-state index contributed by atoms with van der Waals surface area (Å²) in [6, 6.07) is 9.99. The van der Waals surface area contributed by atoms with Crippen molar-refractivity contribution in [2.45, 2.75) is 46.6 Å². The number of aromatic nitrogens is 2. The molecule has 1 aromatic heterocycles. The summed E-state index contributed by atoms with van der Waals surface area (Å²) in [5.41, 5.74) is 4.45. The van der Waals surface area contributed by atoms with Crippen LogP contribution in [0.15, 0.2) is 29.1 Å². The normalized spacial score (nSPS) is 10.5. The summed E-state index contributed by atoms with van der Waals surface area (Å²) in [6.07, 6.45) is 2.01. The van der Waals surface area contributed by atoms with E-state index >= 15 is 0 Å². The highest BCUT2D eigenvalue weighted by Crippen LogP contribution is 2.22. The molecule has 0 fully saturated rings. The Morgan fingerprint density at radius 2 is 2.05 bits per heavy atom. The van der Waals surface area contributed by atoms with Gasteiger partial charge in [-0.2, -0.15) is 10.4 Å². The molecule has 2 aromatic rings. The molecule has 0 saturated carbocycles. The average Bonchev–Trinajstić information content (AvgIpc) is 2.48. The van der Waals surface area contributed by atoms with Crippen LogP contribution in [0.1, 0.15) is 36.5 Å². The van der Waals surface area contributed by atoms with Crippen LogP contribution in [0.5, 0.6) is 0 Å². The fraction of sp³-hybridized carbons (Fsp3) is 0.389. The largest absolute Gasteiger partial charge is 0.271 e. The lowest BCUT2D eigenvalue weighted by atomic mass is 10.0. The first-order valence-corrected chi connectivity index (χ1v) is 7.62. The summed E-state index contributed by atoms with van der Waals surface area (Å²) in [7, 11) is 0. The minimum Gasteiger partial charge on any atom is -0.267 e. The van der Waals surface area contributed by atoms with Crippen LogP contribution < -0.4 is 5.56 Å². The summed E-state index contributed by atoms with van der Waals surface area (Å²) in [6.45, 7) is 6.75. The van der Waals surface area contributed by atoms with Gasteiger partial charge in [0.25, 0.3) is 5.56 Å². The molecule has 4 heteroatoms. The third-order valence-electron chi connectivity index (χ3n) is 3.70. The number of hydrogen-bond acceptors (Lipinski definition) is 3. The van der Waals surface area contributed by atoms with Crippen molar-refractivity contribution in [3.05, 3.63) is 51.3 Å². The van der Waals surface area contributed by atoms with E-state index in [0.717, 1.165) is 29.7 Å². The molecule has 0 aliphatic carbocycles. The van der Waals surface area contributed by atoms with Crippen LogP contribution in [0.25, 0.3) is 11.3 Å². The number of rotatable bonds is 5. The van der Waals surface area contributed by atoms with Crippen molar-refractivity contribution in [3.8, 4) is 17.3 Å². The van der Waals surface area contributed by atoms with Crippen LogP contribution in [0.2, 0.25) is 0 Å². The number of unbranched alkanes of at least 4 members (excludes halogenated alkanes) is 1. The van der Waals surface area contributed by atoms with Gasteiger partial charge in [0.05, 0.1) is 18.2 Å². The van der Waals surface area contributed by atoms with Crippen LogP contribution >= 0.6 is 0 Å². The monoisotopic (exact) mass is 295 g/mol. The SMILES string of the molecule is CCCCn1nc(-c2ccc(C)cc2C)cc(CC#N)c1=O.